The number of hydrogen-bond donors (Lipinski definition) is 2. The molecule has 7 nitrogen and oxygen atoms in total. The van der Waals surface area contributed by atoms with Gasteiger partial charge in [-0.15, -0.1) is 0 Å². The van der Waals surface area contributed by atoms with Crippen LogP contribution in [0.25, 0.3) is 0 Å². The van der Waals surface area contributed by atoms with Crippen molar-refractivity contribution in [2.45, 2.75) is 4.90 Å². The molecule has 1 heterocycles. The van der Waals surface area contributed by atoms with Crippen LogP contribution < -0.4 is 20.3 Å². The van der Waals surface area contributed by atoms with E-state index in [0.717, 1.165) is 21.1 Å². The van der Waals surface area contributed by atoms with Crippen molar-refractivity contribution in [3.8, 4) is 5.75 Å². The van der Waals surface area contributed by atoms with E-state index in [2.05, 4.69) is 26.6 Å². The maximum atomic E-state index is 13.5. The number of amides is 3. The zero-order valence-corrected chi connectivity index (χ0v) is 23.4. The first-order valence-corrected chi connectivity index (χ1v) is 13.6. The van der Waals surface area contributed by atoms with Gasteiger partial charge in [-0.3, -0.25) is 14.4 Å². The number of rotatable bonds is 8. The van der Waals surface area contributed by atoms with Crippen LogP contribution in [0.5, 0.6) is 5.75 Å². The number of thioether (sulfide) groups is 1. The Bertz CT molecular complexity index is 1620. The Morgan fingerprint density at radius 3 is 2.23 bits per heavy atom. The molecular weight excluding hydrogens is 597 g/mol. The SMILES string of the molecule is COc1cccc(C(=O)Nc2ccc(SC3=C(Nc4ccc(Br)cc4)C(=O)N(c4ccc(F)cc4)C3=O)cc2)c1. The Morgan fingerprint density at radius 2 is 1.55 bits per heavy atom. The van der Waals surface area contributed by atoms with Crippen molar-refractivity contribution in [1.82, 2.24) is 0 Å². The molecule has 0 aromatic heterocycles. The molecule has 0 unspecified atom stereocenters. The fraction of sp³-hybridized carbons (Fsp3) is 0.0333. The molecule has 2 N–H and O–H groups in total. The molecule has 0 spiro atoms. The molecule has 40 heavy (non-hydrogen) atoms. The van der Waals surface area contributed by atoms with Crippen LogP contribution in [0.3, 0.4) is 0 Å². The minimum Gasteiger partial charge on any atom is -0.497 e. The van der Waals surface area contributed by atoms with E-state index >= 15 is 0 Å². The smallest absolute Gasteiger partial charge is 0.283 e. The second-order valence-corrected chi connectivity index (χ2v) is 10.6. The van der Waals surface area contributed by atoms with Gasteiger partial charge in [0, 0.05) is 26.3 Å². The summed E-state index contributed by atoms with van der Waals surface area (Å²) in [7, 11) is 1.53. The summed E-state index contributed by atoms with van der Waals surface area (Å²) < 4.78 is 19.6. The normalized spacial score (nSPS) is 13.0. The number of imide groups is 1. The Hall–Kier alpha value is -4.41. The van der Waals surface area contributed by atoms with Gasteiger partial charge in [-0.2, -0.15) is 0 Å². The first kappa shape index (κ1) is 27.2. The van der Waals surface area contributed by atoms with Gasteiger partial charge in [0.25, 0.3) is 17.7 Å². The van der Waals surface area contributed by atoms with E-state index in [1.807, 2.05) is 12.1 Å². The number of nitrogens with one attached hydrogen (secondary N) is 2. The molecule has 4 aromatic carbocycles. The number of methoxy groups -OCH3 is 1. The van der Waals surface area contributed by atoms with Crippen molar-refractivity contribution < 1.29 is 23.5 Å². The molecule has 0 radical (unpaired) electrons. The molecule has 200 valence electrons. The van der Waals surface area contributed by atoms with Gasteiger partial charge in [0.2, 0.25) is 0 Å². The number of hydrogen-bond acceptors (Lipinski definition) is 6. The standard InChI is InChI=1S/C30H21BrFN3O4S/c1-39-24-4-2-3-18(17-24)28(36)34-22-11-15-25(16-12-22)40-27-26(33-21-9-5-19(31)6-10-21)29(37)35(30(27)38)23-13-7-20(32)8-14-23/h2-17,33H,1H3,(H,34,36). The second kappa shape index (κ2) is 11.8. The third kappa shape index (κ3) is 5.93. The van der Waals surface area contributed by atoms with Gasteiger partial charge in [-0.05, 0) is 91.0 Å². The molecule has 0 fully saturated rings. The van der Waals surface area contributed by atoms with Gasteiger partial charge in [-0.25, -0.2) is 9.29 Å². The van der Waals surface area contributed by atoms with E-state index in [-0.39, 0.29) is 22.2 Å². The molecule has 5 rings (SSSR count). The number of carbonyl (C=O) groups is 3. The summed E-state index contributed by atoms with van der Waals surface area (Å²) >= 11 is 4.50. The van der Waals surface area contributed by atoms with Crippen molar-refractivity contribution >= 4 is 62.5 Å². The highest BCUT2D eigenvalue weighted by Gasteiger charge is 2.40. The monoisotopic (exact) mass is 617 g/mol. The van der Waals surface area contributed by atoms with Crippen LogP contribution in [0.15, 0.2) is 117 Å². The van der Waals surface area contributed by atoms with E-state index in [9.17, 15) is 18.8 Å². The quantitative estimate of drug-likeness (QED) is 0.211. The van der Waals surface area contributed by atoms with Crippen molar-refractivity contribution in [3.63, 3.8) is 0 Å². The highest BCUT2D eigenvalue weighted by molar-refractivity contribution is 9.10. The first-order valence-electron chi connectivity index (χ1n) is 12.0. The molecular formula is C30H21BrFN3O4S. The van der Waals surface area contributed by atoms with Crippen LogP contribution in [0.4, 0.5) is 21.5 Å². The maximum absolute atomic E-state index is 13.5. The van der Waals surface area contributed by atoms with Crippen molar-refractivity contribution in [2.75, 3.05) is 22.6 Å². The predicted molar refractivity (Wildman–Crippen MR) is 157 cm³/mol. The average molecular weight is 618 g/mol. The summed E-state index contributed by atoms with van der Waals surface area (Å²) in [6.45, 7) is 0. The topological polar surface area (TPSA) is 87.7 Å². The number of benzene rings is 4. The van der Waals surface area contributed by atoms with Crippen LogP contribution in [0.2, 0.25) is 0 Å². The molecule has 0 saturated heterocycles. The Morgan fingerprint density at radius 1 is 0.875 bits per heavy atom. The summed E-state index contributed by atoms with van der Waals surface area (Å²) in [6, 6.07) is 26.1. The van der Waals surface area contributed by atoms with Crippen molar-refractivity contribution in [2.24, 2.45) is 0 Å². The van der Waals surface area contributed by atoms with Gasteiger partial charge in [0.15, 0.2) is 0 Å². The van der Waals surface area contributed by atoms with Crippen LogP contribution >= 0.6 is 27.7 Å². The van der Waals surface area contributed by atoms with Gasteiger partial charge in [0.05, 0.1) is 12.8 Å². The molecule has 1 aliphatic rings. The fourth-order valence-electron chi connectivity index (χ4n) is 3.91. The maximum Gasteiger partial charge on any atom is 0.283 e. The summed E-state index contributed by atoms with van der Waals surface area (Å²) in [5.41, 5.74) is 1.99. The second-order valence-electron chi connectivity index (χ2n) is 8.57. The largest absolute Gasteiger partial charge is 0.497 e. The third-order valence-corrected chi connectivity index (χ3v) is 7.52. The van der Waals surface area contributed by atoms with Crippen molar-refractivity contribution in [1.29, 1.82) is 0 Å². The molecule has 3 amide bonds. The van der Waals surface area contributed by atoms with E-state index in [1.165, 1.54) is 31.4 Å². The summed E-state index contributed by atoms with van der Waals surface area (Å²) in [5, 5.41) is 5.91. The van der Waals surface area contributed by atoms with Crippen molar-refractivity contribution in [3.05, 3.63) is 124 Å². The van der Waals surface area contributed by atoms with Gasteiger partial charge >= 0.3 is 0 Å². The number of nitrogens with zero attached hydrogens (tertiary/aromatic N) is 1. The van der Waals surface area contributed by atoms with E-state index in [1.54, 1.807) is 60.7 Å². The van der Waals surface area contributed by atoms with Crippen LogP contribution in [0, 0.1) is 5.82 Å². The minimum absolute atomic E-state index is 0.108. The summed E-state index contributed by atoms with van der Waals surface area (Å²) in [5.74, 6) is -1.28. The number of anilines is 3. The van der Waals surface area contributed by atoms with Crippen LogP contribution in [0.1, 0.15) is 10.4 Å². The highest BCUT2D eigenvalue weighted by atomic mass is 79.9. The van der Waals surface area contributed by atoms with Gasteiger partial charge in [-0.1, -0.05) is 33.8 Å². The number of halogens is 2. The zero-order chi connectivity index (χ0) is 28.2. The number of carbonyl (C=O) groups excluding carboxylic acids is 3. The van der Waals surface area contributed by atoms with Crippen LogP contribution in [-0.2, 0) is 9.59 Å². The molecule has 0 aliphatic carbocycles. The Kier molecular flexibility index (Phi) is 7.99. The highest BCUT2D eigenvalue weighted by Crippen LogP contribution is 2.38. The van der Waals surface area contributed by atoms with E-state index in [0.29, 0.717) is 27.6 Å². The lowest BCUT2D eigenvalue weighted by Crippen LogP contribution is -2.32. The molecule has 4 aromatic rings. The van der Waals surface area contributed by atoms with Crippen LogP contribution in [-0.4, -0.2) is 24.8 Å². The summed E-state index contributed by atoms with van der Waals surface area (Å²) in [6.07, 6.45) is 0. The van der Waals surface area contributed by atoms with Gasteiger partial charge < -0.3 is 15.4 Å². The Labute approximate surface area is 242 Å². The predicted octanol–water partition coefficient (Wildman–Crippen LogP) is 6.84. The molecule has 0 bridgehead atoms. The lowest BCUT2D eigenvalue weighted by Gasteiger charge is -2.15. The molecule has 0 atom stereocenters. The fourth-order valence-corrected chi connectivity index (χ4v) is 5.10. The lowest BCUT2D eigenvalue weighted by molar-refractivity contribution is -0.120. The molecule has 10 heteroatoms. The number of ether oxygens (including phenoxy) is 1. The average Bonchev–Trinajstić information content (AvgIpc) is 3.19. The molecule has 0 saturated carbocycles. The zero-order valence-electron chi connectivity index (χ0n) is 21.0. The van der Waals surface area contributed by atoms with E-state index in [4.69, 9.17) is 4.74 Å². The lowest BCUT2D eigenvalue weighted by atomic mass is 10.2. The molecule has 1 aliphatic heterocycles. The van der Waals surface area contributed by atoms with E-state index < -0.39 is 17.6 Å². The third-order valence-electron chi connectivity index (χ3n) is 5.90. The minimum atomic E-state index is -0.552. The first-order chi connectivity index (χ1) is 19.3. The Balaban J connectivity index is 1.39. The summed E-state index contributed by atoms with van der Waals surface area (Å²) in [4.78, 5) is 41.5. The van der Waals surface area contributed by atoms with Gasteiger partial charge in [0.1, 0.15) is 22.2 Å².